The number of morpholine rings is 1. The second kappa shape index (κ2) is 11.9. The van der Waals surface area contributed by atoms with E-state index in [-0.39, 0.29) is 24.0 Å². The van der Waals surface area contributed by atoms with Crippen molar-refractivity contribution in [3.05, 3.63) is 71.3 Å². The van der Waals surface area contributed by atoms with Crippen LogP contribution in [0.25, 0.3) is 0 Å². The van der Waals surface area contributed by atoms with Gasteiger partial charge >= 0.3 is 0 Å². The molecule has 0 amide bonds. The van der Waals surface area contributed by atoms with Gasteiger partial charge in [0.05, 0.1) is 13.2 Å². The zero-order chi connectivity index (χ0) is 18.0. The quantitative estimate of drug-likeness (QED) is 0.379. The first-order chi connectivity index (χ1) is 12.8. The second-order valence-electron chi connectivity index (χ2n) is 6.42. The molecule has 1 heterocycles. The van der Waals surface area contributed by atoms with E-state index in [9.17, 15) is 0 Å². The third-order valence-electron chi connectivity index (χ3n) is 4.59. The highest BCUT2D eigenvalue weighted by Crippen LogP contribution is 2.13. The molecular formula is C21H29IN4O. The molecule has 0 atom stereocenters. The predicted molar refractivity (Wildman–Crippen MR) is 121 cm³/mol. The van der Waals surface area contributed by atoms with Gasteiger partial charge in [-0.2, -0.15) is 0 Å². The molecule has 0 bridgehead atoms. The first-order valence-electron chi connectivity index (χ1n) is 9.20. The van der Waals surface area contributed by atoms with Gasteiger partial charge in [0.25, 0.3) is 0 Å². The molecule has 3 rings (SSSR count). The maximum Gasteiger partial charge on any atom is 0.191 e. The predicted octanol–water partition coefficient (Wildman–Crippen LogP) is 3.00. The van der Waals surface area contributed by atoms with Crippen LogP contribution in [0.4, 0.5) is 0 Å². The molecule has 0 radical (unpaired) electrons. The Labute approximate surface area is 179 Å². The van der Waals surface area contributed by atoms with E-state index < -0.39 is 0 Å². The Kier molecular flexibility index (Phi) is 9.58. The number of halogens is 1. The molecule has 1 saturated heterocycles. The molecule has 27 heavy (non-hydrogen) atoms. The van der Waals surface area contributed by atoms with Gasteiger partial charge in [0, 0.05) is 39.8 Å². The van der Waals surface area contributed by atoms with Crippen LogP contribution in [0.1, 0.15) is 16.7 Å². The van der Waals surface area contributed by atoms with Crippen LogP contribution in [-0.2, 0) is 24.4 Å². The van der Waals surface area contributed by atoms with Crippen LogP contribution >= 0.6 is 24.0 Å². The topological polar surface area (TPSA) is 48.9 Å². The molecule has 1 fully saturated rings. The van der Waals surface area contributed by atoms with Crippen LogP contribution in [0, 0.1) is 0 Å². The number of ether oxygens (including phenoxy) is 1. The minimum absolute atomic E-state index is 0. The van der Waals surface area contributed by atoms with Gasteiger partial charge in [0.2, 0.25) is 0 Å². The van der Waals surface area contributed by atoms with Gasteiger partial charge in [-0.25, -0.2) is 0 Å². The molecule has 2 aromatic rings. The van der Waals surface area contributed by atoms with Gasteiger partial charge < -0.3 is 15.4 Å². The number of nitrogens with one attached hydrogen (secondary N) is 2. The zero-order valence-electron chi connectivity index (χ0n) is 15.9. The van der Waals surface area contributed by atoms with Gasteiger partial charge in [-0.1, -0.05) is 54.6 Å². The molecule has 2 aromatic carbocycles. The Hall–Kier alpha value is -1.64. The fourth-order valence-electron chi connectivity index (χ4n) is 3.07. The fourth-order valence-corrected chi connectivity index (χ4v) is 3.07. The Morgan fingerprint density at radius 1 is 0.926 bits per heavy atom. The average molecular weight is 480 g/mol. The van der Waals surface area contributed by atoms with Gasteiger partial charge in [-0.15, -0.1) is 24.0 Å². The lowest BCUT2D eigenvalue weighted by atomic mass is 10.1. The highest BCUT2D eigenvalue weighted by atomic mass is 127. The molecule has 0 aromatic heterocycles. The van der Waals surface area contributed by atoms with Crippen molar-refractivity contribution in [2.75, 3.05) is 33.4 Å². The van der Waals surface area contributed by atoms with Crippen molar-refractivity contribution >= 4 is 29.9 Å². The lowest BCUT2D eigenvalue weighted by Gasteiger charge is -2.27. The first-order valence-corrected chi connectivity index (χ1v) is 9.20. The molecule has 0 aliphatic carbocycles. The van der Waals surface area contributed by atoms with Gasteiger partial charge in [-0.3, -0.25) is 9.89 Å². The molecular weight excluding hydrogens is 451 g/mol. The van der Waals surface area contributed by atoms with Crippen LogP contribution < -0.4 is 10.6 Å². The Balaban J connectivity index is 0.00000261. The van der Waals surface area contributed by atoms with E-state index in [0.29, 0.717) is 0 Å². The van der Waals surface area contributed by atoms with E-state index in [4.69, 9.17) is 4.74 Å². The maximum atomic E-state index is 5.45. The Morgan fingerprint density at radius 2 is 1.56 bits per heavy atom. The number of nitrogens with zero attached hydrogens (tertiary/aromatic N) is 2. The van der Waals surface area contributed by atoms with Crippen molar-refractivity contribution in [2.24, 2.45) is 4.99 Å². The number of guanidine groups is 1. The van der Waals surface area contributed by atoms with E-state index in [1.54, 1.807) is 7.05 Å². The van der Waals surface area contributed by atoms with E-state index in [1.807, 2.05) is 6.07 Å². The van der Waals surface area contributed by atoms with Crippen molar-refractivity contribution in [1.82, 2.24) is 15.5 Å². The van der Waals surface area contributed by atoms with Gasteiger partial charge in [0.15, 0.2) is 5.96 Å². The molecule has 2 N–H and O–H groups in total. The Bertz CT molecular complexity index is 702. The van der Waals surface area contributed by atoms with E-state index in [0.717, 1.165) is 51.9 Å². The summed E-state index contributed by atoms with van der Waals surface area (Å²) in [6, 6.07) is 19.0. The smallest absolute Gasteiger partial charge is 0.191 e. The third kappa shape index (κ3) is 7.12. The number of hydrogen-bond acceptors (Lipinski definition) is 3. The average Bonchev–Trinajstić information content (AvgIpc) is 2.71. The summed E-state index contributed by atoms with van der Waals surface area (Å²) in [4.78, 5) is 6.78. The summed E-state index contributed by atoms with van der Waals surface area (Å²) in [5.41, 5.74) is 3.91. The summed E-state index contributed by atoms with van der Waals surface area (Å²) < 4.78 is 5.45. The maximum absolute atomic E-state index is 5.45. The summed E-state index contributed by atoms with van der Waals surface area (Å²) >= 11 is 0. The first kappa shape index (κ1) is 21.7. The molecule has 0 saturated carbocycles. The lowest BCUT2D eigenvalue weighted by Crippen LogP contribution is -2.37. The summed E-state index contributed by atoms with van der Waals surface area (Å²) in [5.74, 6) is 0.815. The summed E-state index contributed by atoms with van der Waals surface area (Å²) in [6.07, 6.45) is 0. The highest BCUT2D eigenvalue weighted by Gasteiger charge is 2.12. The number of benzene rings is 2. The number of rotatable bonds is 6. The van der Waals surface area contributed by atoms with Crippen molar-refractivity contribution in [3.63, 3.8) is 0 Å². The minimum atomic E-state index is 0. The van der Waals surface area contributed by atoms with Crippen LogP contribution in [0.3, 0.4) is 0 Å². The number of aliphatic imine (C=N–C) groups is 1. The van der Waals surface area contributed by atoms with Crippen LogP contribution in [0.5, 0.6) is 0 Å². The van der Waals surface area contributed by atoms with E-state index in [2.05, 4.69) is 69.1 Å². The summed E-state index contributed by atoms with van der Waals surface area (Å²) in [5, 5.41) is 6.80. The monoisotopic (exact) mass is 480 g/mol. The number of hydrogen-bond donors (Lipinski definition) is 2. The zero-order valence-corrected chi connectivity index (χ0v) is 18.2. The van der Waals surface area contributed by atoms with Gasteiger partial charge in [0.1, 0.15) is 0 Å². The molecule has 146 valence electrons. The molecule has 5 nitrogen and oxygen atoms in total. The van der Waals surface area contributed by atoms with Crippen LogP contribution in [0.15, 0.2) is 59.6 Å². The molecule has 0 unspecified atom stereocenters. The van der Waals surface area contributed by atoms with Crippen molar-refractivity contribution in [3.8, 4) is 0 Å². The summed E-state index contributed by atoms with van der Waals surface area (Å²) in [7, 11) is 1.81. The van der Waals surface area contributed by atoms with Gasteiger partial charge in [-0.05, 0) is 16.7 Å². The van der Waals surface area contributed by atoms with Crippen LogP contribution in [-0.4, -0.2) is 44.2 Å². The molecule has 1 aliphatic rings. The highest BCUT2D eigenvalue weighted by molar-refractivity contribution is 14.0. The minimum Gasteiger partial charge on any atom is -0.379 e. The molecule has 0 spiro atoms. The SMILES string of the molecule is CN=C(NCc1ccccc1)NCc1ccccc1CN1CCOCC1.I. The standard InChI is InChI=1S/C21H28N4O.HI/c1-22-21(23-15-18-7-3-2-4-8-18)24-16-19-9-5-6-10-20(19)17-25-11-13-26-14-12-25;/h2-10H,11-17H2,1H3,(H2,22,23,24);1H. The third-order valence-corrected chi connectivity index (χ3v) is 4.59. The van der Waals surface area contributed by atoms with E-state index >= 15 is 0 Å². The van der Waals surface area contributed by atoms with Crippen molar-refractivity contribution < 1.29 is 4.74 Å². The normalized spacial score (nSPS) is 15.1. The summed E-state index contributed by atoms with van der Waals surface area (Å²) in [6.45, 7) is 6.15. The van der Waals surface area contributed by atoms with Crippen molar-refractivity contribution in [2.45, 2.75) is 19.6 Å². The fraction of sp³-hybridized carbons (Fsp3) is 0.381. The van der Waals surface area contributed by atoms with Crippen molar-refractivity contribution in [1.29, 1.82) is 0 Å². The Morgan fingerprint density at radius 3 is 2.26 bits per heavy atom. The molecule has 1 aliphatic heterocycles. The molecule has 6 heteroatoms. The van der Waals surface area contributed by atoms with Crippen LogP contribution in [0.2, 0.25) is 0 Å². The second-order valence-corrected chi connectivity index (χ2v) is 6.42. The van der Waals surface area contributed by atoms with E-state index in [1.165, 1.54) is 16.7 Å². The largest absolute Gasteiger partial charge is 0.379 e. The lowest BCUT2D eigenvalue weighted by molar-refractivity contribution is 0.0341.